The average Bonchev–Trinajstić information content (AvgIpc) is 2.48. The molecule has 0 fully saturated rings. The Morgan fingerprint density at radius 3 is 2.43 bits per heavy atom. The summed E-state index contributed by atoms with van der Waals surface area (Å²) in [6.07, 6.45) is 0. The van der Waals surface area contributed by atoms with Crippen molar-refractivity contribution >= 4 is 29.2 Å². The number of rotatable bonds is 4. The maximum Gasteiger partial charge on any atom is 0.310 e. The van der Waals surface area contributed by atoms with E-state index in [9.17, 15) is 4.79 Å². The first kappa shape index (κ1) is 15.7. The third-order valence-electron chi connectivity index (χ3n) is 3.33. The molecule has 0 radical (unpaired) electrons. The van der Waals surface area contributed by atoms with Crippen LogP contribution in [-0.4, -0.2) is 18.2 Å². The first-order chi connectivity index (χ1) is 9.93. The first-order valence-corrected chi connectivity index (χ1v) is 7.05. The molecule has 0 saturated carbocycles. The molecule has 1 unspecified atom stereocenters. The molecule has 0 aliphatic carbocycles. The zero-order valence-electron chi connectivity index (χ0n) is 11.6. The highest BCUT2D eigenvalue weighted by molar-refractivity contribution is 6.42. The lowest BCUT2D eigenvalue weighted by molar-refractivity contribution is -0.138. The maximum absolute atomic E-state index is 11.1. The number of carbonyl (C=O) groups is 1. The Hall–Kier alpha value is -1.71. The Labute approximate surface area is 133 Å². The monoisotopic (exact) mass is 324 g/mol. The quantitative estimate of drug-likeness (QED) is 0.873. The van der Waals surface area contributed by atoms with Gasteiger partial charge in [-0.05, 0) is 36.2 Å². The molecule has 2 aromatic carbocycles. The van der Waals surface area contributed by atoms with Crippen molar-refractivity contribution in [3.63, 3.8) is 0 Å². The van der Waals surface area contributed by atoms with Gasteiger partial charge in [-0.2, -0.15) is 0 Å². The SMILES string of the molecule is COc1cc(C(C)C(=O)O)ccc1-c1ccc(Cl)c(Cl)c1. The van der Waals surface area contributed by atoms with Crippen LogP contribution in [0.2, 0.25) is 10.0 Å². The molecule has 0 bridgehead atoms. The van der Waals surface area contributed by atoms with Crippen molar-refractivity contribution in [2.45, 2.75) is 12.8 Å². The molecule has 0 heterocycles. The number of ether oxygens (including phenoxy) is 1. The van der Waals surface area contributed by atoms with E-state index in [0.29, 0.717) is 21.4 Å². The minimum absolute atomic E-state index is 0.458. The molecule has 0 aromatic heterocycles. The lowest BCUT2D eigenvalue weighted by Gasteiger charge is -2.13. The highest BCUT2D eigenvalue weighted by atomic mass is 35.5. The molecule has 21 heavy (non-hydrogen) atoms. The fraction of sp³-hybridized carbons (Fsp3) is 0.188. The number of benzene rings is 2. The van der Waals surface area contributed by atoms with E-state index in [2.05, 4.69) is 0 Å². The number of halogens is 2. The van der Waals surface area contributed by atoms with Crippen LogP contribution in [0.4, 0.5) is 0 Å². The van der Waals surface area contributed by atoms with Gasteiger partial charge in [0.05, 0.1) is 23.1 Å². The fourth-order valence-electron chi connectivity index (χ4n) is 2.02. The zero-order chi connectivity index (χ0) is 15.6. The van der Waals surface area contributed by atoms with Gasteiger partial charge in [-0.1, -0.05) is 41.4 Å². The van der Waals surface area contributed by atoms with Crippen LogP contribution in [0.25, 0.3) is 11.1 Å². The third kappa shape index (κ3) is 3.31. The predicted octanol–water partition coefficient (Wildman–Crippen LogP) is 4.86. The molecular formula is C16H14Cl2O3. The highest BCUT2D eigenvalue weighted by Crippen LogP contribution is 2.35. The van der Waals surface area contributed by atoms with E-state index in [4.69, 9.17) is 33.0 Å². The molecule has 2 aromatic rings. The molecule has 110 valence electrons. The second kappa shape index (κ2) is 6.37. The summed E-state index contributed by atoms with van der Waals surface area (Å²) in [6.45, 7) is 1.63. The van der Waals surface area contributed by atoms with E-state index in [0.717, 1.165) is 11.1 Å². The average molecular weight is 325 g/mol. The van der Waals surface area contributed by atoms with Gasteiger partial charge in [0.1, 0.15) is 5.75 Å². The summed E-state index contributed by atoms with van der Waals surface area (Å²) in [5.41, 5.74) is 2.37. The fourth-order valence-corrected chi connectivity index (χ4v) is 2.32. The lowest BCUT2D eigenvalue weighted by atomic mass is 9.96. The Bertz CT molecular complexity index is 683. The van der Waals surface area contributed by atoms with Crippen molar-refractivity contribution in [3.05, 3.63) is 52.0 Å². The topological polar surface area (TPSA) is 46.5 Å². The smallest absolute Gasteiger partial charge is 0.310 e. The van der Waals surface area contributed by atoms with E-state index in [-0.39, 0.29) is 0 Å². The molecule has 0 spiro atoms. The van der Waals surface area contributed by atoms with Crippen LogP contribution in [-0.2, 0) is 4.79 Å². The molecule has 1 atom stereocenters. The van der Waals surface area contributed by atoms with Gasteiger partial charge in [0.15, 0.2) is 0 Å². The van der Waals surface area contributed by atoms with Gasteiger partial charge in [-0.25, -0.2) is 0 Å². The molecular weight excluding hydrogens is 311 g/mol. The summed E-state index contributed by atoms with van der Waals surface area (Å²) in [7, 11) is 1.55. The van der Waals surface area contributed by atoms with Crippen LogP contribution in [0.5, 0.6) is 5.75 Å². The molecule has 0 amide bonds. The first-order valence-electron chi connectivity index (χ1n) is 6.30. The van der Waals surface area contributed by atoms with Gasteiger partial charge in [-0.3, -0.25) is 4.79 Å². The Kier molecular flexibility index (Phi) is 4.76. The van der Waals surface area contributed by atoms with Crippen molar-refractivity contribution in [1.29, 1.82) is 0 Å². The third-order valence-corrected chi connectivity index (χ3v) is 4.07. The molecule has 2 rings (SSSR count). The van der Waals surface area contributed by atoms with Crippen molar-refractivity contribution in [2.75, 3.05) is 7.11 Å². The number of hydrogen-bond donors (Lipinski definition) is 1. The van der Waals surface area contributed by atoms with E-state index < -0.39 is 11.9 Å². The van der Waals surface area contributed by atoms with Gasteiger partial charge in [0.25, 0.3) is 0 Å². The number of hydrogen-bond acceptors (Lipinski definition) is 2. The maximum atomic E-state index is 11.1. The van der Waals surface area contributed by atoms with Crippen LogP contribution in [0.15, 0.2) is 36.4 Å². The van der Waals surface area contributed by atoms with E-state index >= 15 is 0 Å². The normalized spacial score (nSPS) is 12.0. The second-order valence-electron chi connectivity index (χ2n) is 4.65. The number of aliphatic carboxylic acids is 1. The molecule has 0 saturated heterocycles. The predicted molar refractivity (Wildman–Crippen MR) is 84.5 cm³/mol. The summed E-state index contributed by atoms with van der Waals surface area (Å²) < 4.78 is 5.37. The minimum atomic E-state index is -0.876. The van der Waals surface area contributed by atoms with Crippen LogP contribution in [0.3, 0.4) is 0 Å². The van der Waals surface area contributed by atoms with Crippen LogP contribution < -0.4 is 4.74 Å². The Morgan fingerprint density at radius 1 is 1.14 bits per heavy atom. The zero-order valence-corrected chi connectivity index (χ0v) is 13.1. The van der Waals surface area contributed by atoms with Gasteiger partial charge >= 0.3 is 5.97 Å². The van der Waals surface area contributed by atoms with Crippen molar-refractivity contribution in [1.82, 2.24) is 0 Å². The van der Waals surface area contributed by atoms with E-state index in [1.54, 1.807) is 38.3 Å². The van der Waals surface area contributed by atoms with Gasteiger partial charge in [0, 0.05) is 5.56 Å². The van der Waals surface area contributed by atoms with Crippen LogP contribution in [0, 0.1) is 0 Å². The van der Waals surface area contributed by atoms with E-state index in [1.165, 1.54) is 0 Å². The van der Waals surface area contributed by atoms with Crippen molar-refractivity contribution in [2.24, 2.45) is 0 Å². The summed E-state index contributed by atoms with van der Waals surface area (Å²) in [5, 5.41) is 10.0. The van der Waals surface area contributed by atoms with Crippen molar-refractivity contribution < 1.29 is 14.6 Å². The summed E-state index contributed by atoms with van der Waals surface area (Å²) in [6, 6.07) is 10.6. The van der Waals surface area contributed by atoms with E-state index in [1.807, 2.05) is 12.1 Å². The number of carboxylic acids is 1. The number of methoxy groups -OCH3 is 1. The van der Waals surface area contributed by atoms with Gasteiger partial charge in [0.2, 0.25) is 0 Å². The van der Waals surface area contributed by atoms with Gasteiger partial charge in [-0.15, -0.1) is 0 Å². The van der Waals surface area contributed by atoms with Crippen molar-refractivity contribution in [3.8, 4) is 16.9 Å². The summed E-state index contributed by atoms with van der Waals surface area (Å²) in [4.78, 5) is 11.1. The molecule has 0 aliphatic rings. The van der Waals surface area contributed by atoms with Gasteiger partial charge < -0.3 is 9.84 Å². The Morgan fingerprint density at radius 2 is 1.86 bits per heavy atom. The second-order valence-corrected chi connectivity index (χ2v) is 5.46. The molecule has 5 heteroatoms. The highest BCUT2D eigenvalue weighted by Gasteiger charge is 2.16. The lowest BCUT2D eigenvalue weighted by Crippen LogP contribution is -2.07. The minimum Gasteiger partial charge on any atom is -0.496 e. The molecule has 0 aliphatic heterocycles. The number of carboxylic acid groups (broad SMARTS) is 1. The summed E-state index contributed by atoms with van der Waals surface area (Å²) >= 11 is 11.9. The molecule has 1 N–H and O–H groups in total. The standard InChI is InChI=1S/C16H14Cl2O3/c1-9(16(19)20)10-3-5-12(15(8-10)21-2)11-4-6-13(17)14(18)7-11/h3-9H,1-2H3,(H,19,20). The van der Waals surface area contributed by atoms with Crippen LogP contribution >= 0.6 is 23.2 Å². The van der Waals surface area contributed by atoms with Crippen LogP contribution in [0.1, 0.15) is 18.4 Å². The Balaban J connectivity index is 2.49. The largest absolute Gasteiger partial charge is 0.496 e. The summed E-state index contributed by atoms with van der Waals surface area (Å²) in [5.74, 6) is -0.875. The molecule has 3 nitrogen and oxygen atoms in total.